The highest BCUT2D eigenvalue weighted by atomic mass is 35.5. The Kier molecular flexibility index (Phi) is 4.69. The summed E-state index contributed by atoms with van der Waals surface area (Å²) in [6.45, 7) is 4.90. The maximum atomic E-state index is 13.1. The number of carbonyl (C=O) groups excluding carboxylic acids is 1. The van der Waals surface area contributed by atoms with E-state index in [-0.39, 0.29) is 17.7 Å². The summed E-state index contributed by atoms with van der Waals surface area (Å²) in [4.78, 5) is 19.4. The minimum atomic E-state index is -0.245. The van der Waals surface area contributed by atoms with Crippen molar-refractivity contribution >= 4 is 44.2 Å². The molecule has 0 bridgehead atoms. The highest BCUT2D eigenvalue weighted by Crippen LogP contribution is 2.36. The zero-order chi connectivity index (χ0) is 18.3. The quantitative estimate of drug-likeness (QED) is 0.660. The van der Waals surface area contributed by atoms with Crippen LogP contribution in [0, 0.1) is 13.8 Å². The number of aromatic nitrogens is 2. The lowest BCUT2D eigenvalue weighted by molar-refractivity contribution is 0.0910. The van der Waals surface area contributed by atoms with Crippen LogP contribution >= 0.6 is 22.9 Å². The summed E-state index contributed by atoms with van der Waals surface area (Å²) in [6.07, 6.45) is 1.92. The smallest absolute Gasteiger partial charge is 0.282 e. The lowest BCUT2D eigenvalue weighted by atomic mass is 10.2. The van der Waals surface area contributed by atoms with Crippen molar-refractivity contribution in [3.63, 3.8) is 0 Å². The second-order valence-electron chi connectivity index (χ2n) is 6.41. The molecule has 1 aromatic carbocycles. The maximum Gasteiger partial charge on any atom is 0.282 e. The first-order valence-corrected chi connectivity index (χ1v) is 9.65. The molecule has 1 saturated heterocycles. The van der Waals surface area contributed by atoms with E-state index >= 15 is 0 Å². The normalized spacial score (nSPS) is 17.1. The predicted molar refractivity (Wildman–Crippen MR) is 101 cm³/mol. The molecule has 3 heterocycles. The van der Waals surface area contributed by atoms with Gasteiger partial charge in [0.05, 0.1) is 27.9 Å². The molecule has 4 rings (SSSR count). The molecule has 136 valence electrons. The first-order chi connectivity index (χ1) is 12.5. The fourth-order valence-electron chi connectivity index (χ4n) is 3.05. The largest absolute Gasteiger partial charge is 0.376 e. The minimum Gasteiger partial charge on any atom is -0.376 e. The van der Waals surface area contributed by atoms with Crippen molar-refractivity contribution in [2.24, 2.45) is 0 Å². The van der Waals surface area contributed by atoms with Crippen molar-refractivity contribution in [2.75, 3.05) is 18.1 Å². The summed E-state index contributed by atoms with van der Waals surface area (Å²) in [5.74, 6) is 0.346. The fraction of sp³-hybridized carbons (Fsp3) is 0.389. The van der Waals surface area contributed by atoms with E-state index in [2.05, 4.69) is 5.16 Å². The van der Waals surface area contributed by atoms with Gasteiger partial charge < -0.3 is 9.26 Å². The Balaban J connectivity index is 1.75. The molecule has 1 aliphatic heterocycles. The Bertz CT molecular complexity index is 923. The van der Waals surface area contributed by atoms with Crippen molar-refractivity contribution < 1.29 is 14.1 Å². The van der Waals surface area contributed by atoms with Gasteiger partial charge in [-0.15, -0.1) is 0 Å². The number of ether oxygens (including phenoxy) is 1. The molecule has 3 aromatic rings. The van der Waals surface area contributed by atoms with Crippen LogP contribution in [-0.2, 0) is 4.74 Å². The predicted octanol–water partition coefficient (Wildman–Crippen LogP) is 4.38. The van der Waals surface area contributed by atoms with Gasteiger partial charge in [0, 0.05) is 12.7 Å². The maximum absolute atomic E-state index is 13.1. The van der Waals surface area contributed by atoms with Crippen molar-refractivity contribution in [2.45, 2.75) is 32.8 Å². The average molecular weight is 392 g/mol. The Labute approximate surface area is 159 Å². The molecule has 1 atom stereocenters. The zero-order valence-electron chi connectivity index (χ0n) is 14.5. The van der Waals surface area contributed by atoms with Crippen molar-refractivity contribution in [3.05, 3.63) is 40.2 Å². The highest BCUT2D eigenvalue weighted by Gasteiger charge is 2.29. The number of aryl methyl sites for hydroxylation is 2. The SMILES string of the molecule is Cc1cc(C(=O)N(CC2CCCO2)c2nc3c(C)ccc(Cl)c3s2)no1. The Morgan fingerprint density at radius 2 is 2.27 bits per heavy atom. The lowest BCUT2D eigenvalue weighted by Crippen LogP contribution is -2.37. The first-order valence-electron chi connectivity index (χ1n) is 8.45. The highest BCUT2D eigenvalue weighted by molar-refractivity contribution is 7.23. The van der Waals surface area contributed by atoms with Gasteiger partial charge in [-0.25, -0.2) is 4.98 Å². The van der Waals surface area contributed by atoms with E-state index in [9.17, 15) is 4.79 Å². The van der Waals surface area contributed by atoms with Crippen LogP contribution in [0.1, 0.15) is 34.7 Å². The van der Waals surface area contributed by atoms with Crippen LogP contribution in [0.3, 0.4) is 0 Å². The molecule has 0 N–H and O–H groups in total. The van der Waals surface area contributed by atoms with Crippen LogP contribution in [0.15, 0.2) is 22.7 Å². The van der Waals surface area contributed by atoms with E-state index in [1.165, 1.54) is 11.3 Å². The van der Waals surface area contributed by atoms with Gasteiger partial charge in [-0.3, -0.25) is 9.69 Å². The molecule has 1 fully saturated rings. The molecule has 1 unspecified atom stereocenters. The number of benzene rings is 1. The van der Waals surface area contributed by atoms with Gasteiger partial charge in [0.15, 0.2) is 10.8 Å². The van der Waals surface area contributed by atoms with Crippen LogP contribution < -0.4 is 4.90 Å². The molecule has 26 heavy (non-hydrogen) atoms. The number of rotatable bonds is 4. The number of nitrogens with zero attached hydrogens (tertiary/aromatic N) is 3. The second-order valence-corrected chi connectivity index (χ2v) is 7.80. The summed E-state index contributed by atoms with van der Waals surface area (Å²) in [5, 5.41) is 5.10. The van der Waals surface area contributed by atoms with Gasteiger partial charge in [-0.1, -0.05) is 34.2 Å². The molecule has 0 spiro atoms. The van der Waals surface area contributed by atoms with Gasteiger partial charge in [-0.2, -0.15) is 0 Å². The number of halogens is 1. The van der Waals surface area contributed by atoms with Crippen LogP contribution in [-0.4, -0.2) is 35.3 Å². The van der Waals surface area contributed by atoms with Crippen molar-refractivity contribution in [1.29, 1.82) is 0 Å². The minimum absolute atomic E-state index is 0.00414. The summed E-state index contributed by atoms with van der Waals surface area (Å²) in [6, 6.07) is 5.42. The van der Waals surface area contributed by atoms with Crippen molar-refractivity contribution in [3.8, 4) is 0 Å². The second kappa shape index (κ2) is 6.98. The molecular weight excluding hydrogens is 374 g/mol. The molecule has 0 saturated carbocycles. The lowest BCUT2D eigenvalue weighted by Gasteiger charge is -2.21. The number of thiazole rings is 1. The fourth-order valence-corrected chi connectivity index (χ4v) is 4.38. The summed E-state index contributed by atoms with van der Waals surface area (Å²) < 4.78 is 11.7. The third-order valence-corrected chi connectivity index (χ3v) is 5.96. The summed E-state index contributed by atoms with van der Waals surface area (Å²) in [7, 11) is 0. The van der Waals surface area contributed by atoms with E-state index in [4.69, 9.17) is 25.8 Å². The number of hydrogen-bond acceptors (Lipinski definition) is 6. The molecule has 6 nitrogen and oxygen atoms in total. The van der Waals surface area contributed by atoms with E-state index < -0.39 is 0 Å². The zero-order valence-corrected chi connectivity index (χ0v) is 16.1. The van der Waals surface area contributed by atoms with Crippen molar-refractivity contribution in [1.82, 2.24) is 10.1 Å². The monoisotopic (exact) mass is 391 g/mol. The number of hydrogen-bond donors (Lipinski definition) is 0. The van der Waals surface area contributed by atoms with Gasteiger partial charge in [0.2, 0.25) is 0 Å². The van der Waals surface area contributed by atoms with E-state index in [1.807, 2.05) is 19.1 Å². The molecule has 0 aliphatic carbocycles. The molecule has 1 aliphatic rings. The number of amides is 1. The Hall–Kier alpha value is -1.96. The van der Waals surface area contributed by atoms with Crippen LogP contribution in [0.4, 0.5) is 5.13 Å². The first kappa shape index (κ1) is 17.5. The van der Waals surface area contributed by atoms with Gasteiger partial charge in [0.1, 0.15) is 5.76 Å². The topological polar surface area (TPSA) is 68.5 Å². The Morgan fingerprint density at radius 1 is 1.42 bits per heavy atom. The van der Waals surface area contributed by atoms with Crippen LogP contribution in [0.25, 0.3) is 10.2 Å². The number of anilines is 1. The van der Waals surface area contributed by atoms with E-state index in [0.29, 0.717) is 22.5 Å². The van der Waals surface area contributed by atoms with Gasteiger partial charge in [0.25, 0.3) is 5.91 Å². The van der Waals surface area contributed by atoms with Gasteiger partial charge in [-0.05, 0) is 38.3 Å². The third kappa shape index (κ3) is 3.22. The molecule has 0 radical (unpaired) electrons. The van der Waals surface area contributed by atoms with Crippen LogP contribution in [0.2, 0.25) is 5.02 Å². The average Bonchev–Trinajstić information content (AvgIpc) is 3.35. The Morgan fingerprint density at radius 3 is 2.92 bits per heavy atom. The summed E-state index contributed by atoms with van der Waals surface area (Å²) in [5.41, 5.74) is 2.11. The van der Waals surface area contributed by atoms with E-state index in [1.54, 1.807) is 17.9 Å². The molecule has 1 amide bonds. The number of carbonyl (C=O) groups is 1. The third-order valence-electron chi connectivity index (χ3n) is 4.42. The standard InChI is InChI=1S/C18H18ClN3O3S/c1-10-5-6-13(19)16-15(10)20-18(26-16)22(9-12-4-3-7-24-12)17(23)14-8-11(2)25-21-14/h5-6,8,12H,3-4,7,9H2,1-2H3. The van der Waals surface area contributed by atoms with Crippen LogP contribution in [0.5, 0.6) is 0 Å². The molecule has 8 heteroatoms. The summed E-state index contributed by atoms with van der Waals surface area (Å²) >= 11 is 7.74. The van der Waals surface area contributed by atoms with E-state index in [0.717, 1.165) is 35.2 Å². The van der Waals surface area contributed by atoms with Gasteiger partial charge >= 0.3 is 0 Å². The molecule has 2 aromatic heterocycles. The number of fused-ring (bicyclic) bond motifs is 1. The molecular formula is C18H18ClN3O3S.